The second kappa shape index (κ2) is 12.7. The first-order valence-electron chi connectivity index (χ1n) is 15.5. The average molecular weight is 624 g/mol. The Kier molecular flexibility index (Phi) is 9.35. The minimum Gasteiger partial charge on any atom is -0.346 e. The maximum atomic E-state index is 13.6. The molecule has 0 radical (unpaired) electrons. The number of piperidine rings is 2. The van der Waals surface area contributed by atoms with Gasteiger partial charge in [-0.05, 0) is 94.3 Å². The van der Waals surface area contributed by atoms with Crippen molar-refractivity contribution in [2.45, 2.75) is 101 Å². The molecule has 0 spiro atoms. The molecule has 2 aromatic carbocycles. The maximum Gasteiger partial charge on any atom is 0.416 e. The second-order valence-corrected chi connectivity index (χ2v) is 12.6. The van der Waals surface area contributed by atoms with Gasteiger partial charge in [0.2, 0.25) is 11.8 Å². The molecule has 0 bridgehead atoms. The fourth-order valence-electron chi connectivity index (χ4n) is 7.19. The molecule has 5 rings (SSSR count). The number of amides is 2. The van der Waals surface area contributed by atoms with Crippen molar-refractivity contribution < 1.29 is 35.9 Å². The third-order valence-corrected chi connectivity index (χ3v) is 9.78. The van der Waals surface area contributed by atoms with Gasteiger partial charge in [-0.3, -0.25) is 14.5 Å². The summed E-state index contributed by atoms with van der Waals surface area (Å²) in [6.07, 6.45) is -2.81. The standard InChI is InChI=1S/C33H39F6N3O2/c1-22(23-18-25(32(34,35)36)20-26(19-23)33(37,38)39)30(44)40-31(24-8-4-2-5-9-24)13-10-27(11-14-31)42-17-12-28(21-29(42)43)41-15-6-3-7-16-41/h2,4-5,8-9,18-20,22,27-28H,3,6-7,10-17,21H2,1H3,(H,40,44)/t22-,27?,28?,31?/m0/s1. The minimum absolute atomic E-state index is 0.00813. The first-order valence-corrected chi connectivity index (χ1v) is 15.5. The first-order chi connectivity index (χ1) is 20.8. The highest BCUT2D eigenvalue weighted by molar-refractivity contribution is 5.84. The van der Waals surface area contributed by atoms with Gasteiger partial charge in [-0.25, -0.2) is 0 Å². The molecule has 2 heterocycles. The number of likely N-dealkylation sites (tertiary alicyclic amines) is 2. The van der Waals surface area contributed by atoms with Crippen molar-refractivity contribution in [1.82, 2.24) is 15.1 Å². The predicted octanol–water partition coefficient (Wildman–Crippen LogP) is 7.26. The average Bonchev–Trinajstić information content (AvgIpc) is 3.01. The Labute approximate surface area is 254 Å². The molecule has 2 atom stereocenters. The number of benzene rings is 2. The number of alkyl halides is 6. The summed E-state index contributed by atoms with van der Waals surface area (Å²) in [5.74, 6) is -1.78. The molecule has 5 nitrogen and oxygen atoms in total. The lowest BCUT2D eigenvalue weighted by molar-refractivity contribution is -0.143. The Bertz CT molecular complexity index is 1280. The first kappa shape index (κ1) is 32.3. The lowest BCUT2D eigenvalue weighted by Crippen LogP contribution is -2.56. The van der Waals surface area contributed by atoms with E-state index in [1.54, 1.807) is 0 Å². The minimum atomic E-state index is -5.00. The Morgan fingerprint density at radius 1 is 0.841 bits per heavy atom. The van der Waals surface area contributed by atoms with E-state index in [2.05, 4.69) is 10.2 Å². The summed E-state index contributed by atoms with van der Waals surface area (Å²) in [6, 6.07) is 10.8. The Balaban J connectivity index is 1.32. The molecule has 1 aliphatic carbocycles. The molecule has 2 aromatic rings. The molecule has 2 saturated heterocycles. The molecular formula is C33H39F6N3O2. The van der Waals surface area contributed by atoms with E-state index in [-0.39, 0.29) is 29.6 Å². The normalized spacial score (nSPS) is 26.3. The van der Waals surface area contributed by atoms with Crippen LogP contribution in [0.15, 0.2) is 48.5 Å². The number of nitrogens with zero attached hydrogens (tertiary/aromatic N) is 2. The summed E-state index contributed by atoms with van der Waals surface area (Å²) in [5, 5.41) is 3.04. The van der Waals surface area contributed by atoms with E-state index in [1.165, 1.54) is 26.2 Å². The lowest BCUT2D eigenvalue weighted by Gasteiger charge is -2.47. The third-order valence-electron chi connectivity index (χ3n) is 9.78. The molecule has 2 amide bonds. The summed E-state index contributed by atoms with van der Waals surface area (Å²) in [4.78, 5) is 31.3. The van der Waals surface area contributed by atoms with Crippen molar-refractivity contribution >= 4 is 11.8 Å². The largest absolute Gasteiger partial charge is 0.416 e. The smallest absolute Gasteiger partial charge is 0.346 e. The van der Waals surface area contributed by atoms with Gasteiger partial charge in [0.15, 0.2) is 0 Å². The maximum absolute atomic E-state index is 13.6. The SMILES string of the molecule is C[C@H](C(=O)NC1(c2ccccc2)CCC(N2CCC(N3CCCCC3)CC2=O)CC1)c1cc(C(F)(F)F)cc(C(F)(F)F)c1. The number of halogens is 6. The lowest BCUT2D eigenvalue weighted by atomic mass is 9.73. The van der Waals surface area contributed by atoms with Gasteiger partial charge in [-0.2, -0.15) is 26.3 Å². The van der Waals surface area contributed by atoms with Gasteiger partial charge < -0.3 is 10.2 Å². The summed E-state index contributed by atoms with van der Waals surface area (Å²) in [5.41, 5.74) is -3.31. The van der Waals surface area contributed by atoms with Crippen LogP contribution in [-0.2, 0) is 27.5 Å². The fraction of sp³-hybridized carbons (Fsp3) is 0.576. The number of carbonyl (C=O) groups excluding carboxylic acids is 2. The van der Waals surface area contributed by atoms with Gasteiger partial charge in [0.1, 0.15) is 0 Å². The van der Waals surface area contributed by atoms with Crippen LogP contribution < -0.4 is 5.32 Å². The van der Waals surface area contributed by atoms with Crippen LogP contribution in [0.1, 0.15) is 92.9 Å². The topological polar surface area (TPSA) is 52.7 Å². The van der Waals surface area contributed by atoms with E-state index in [0.717, 1.165) is 25.1 Å². The van der Waals surface area contributed by atoms with Crippen molar-refractivity contribution in [3.05, 3.63) is 70.8 Å². The monoisotopic (exact) mass is 623 g/mol. The highest BCUT2D eigenvalue weighted by Gasteiger charge is 2.43. The van der Waals surface area contributed by atoms with Gasteiger partial charge in [-0.15, -0.1) is 0 Å². The quantitative estimate of drug-likeness (QED) is 0.345. The number of hydrogen-bond acceptors (Lipinski definition) is 3. The molecule has 1 saturated carbocycles. The van der Waals surface area contributed by atoms with Crippen LogP contribution in [0.25, 0.3) is 0 Å². The van der Waals surface area contributed by atoms with Crippen molar-refractivity contribution in [3.8, 4) is 0 Å². The number of hydrogen-bond donors (Lipinski definition) is 1. The summed E-state index contributed by atoms with van der Waals surface area (Å²) < 4.78 is 80.9. The van der Waals surface area contributed by atoms with Crippen molar-refractivity contribution in [3.63, 3.8) is 0 Å². The van der Waals surface area contributed by atoms with Crippen molar-refractivity contribution in [2.75, 3.05) is 19.6 Å². The number of rotatable bonds is 6. The van der Waals surface area contributed by atoms with Crippen LogP contribution in [0.4, 0.5) is 26.3 Å². The van der Waals surface area contributed by atoms with E-state index in [1.807, 2.05) is 35.2 Å². The molecule has 2 aliphatic heterocycles. The van der Waals surface area contributed by atoms with Crippen LogP contribution in [-0.4, -0.2) is 53.3 Å². The molecule has 11 heteroatoms. The van der Waals surface area contributed by atoms with Crippen LogP contribution in [0.2, 0.25) is 0 Å². The van der Waals surface area contributed by atoms with E-state index in [0.29, 0.717) is 50.8 Å². The van der Waals surface area contributed by atoms with E-state index in [4.69, 9.17) is 0 Å². The Morgan fingerprint density at radius 3 is 1.98 bits per heavy atom. The van der Waals surface area contributed by atoms with Crippen molar-refractivity contribution in [2.24, 2.45) is 0 Å². The molecule has 0 aromatic heterocycles. The molecular weight excluding hydrogens is 584 g/mol. The van der Waals surface area contributed by atoms with E-state index < -0.39 is 40.8 Å². The van der Waals surface area contributed by atoms with Crippen molar-refractivity contribution in [1.29, 1.82) is 0 Å². The highest BCUT2D eigenvalue weighted by atomic mass is 19.4. The molecule has 1 unspecified atom stereocenters. The number of nitrogens with one attached hydrogen (secondary N) is 1. The molecule has 44 heavy (non-hydrogen) atoms. The molecule has 3 aliphatic rings. The third kappa shape index (κ3) is 7.08. The van der Waals surface area contributed by atoms with E-state index in [9.17, 15) is 35.9 Å². The van der Waals surface area contributed by atoms with Gasteiger partial charge in [-0.1, -0.05) is 36.8 Å². The number of carbonyl (C=O) groups is 2. The zero-order valence-corrected chi connectivity index (χ0v) is 24.8. The molecule has 3 fully saturated rings. The Hall–Kier alpha value is -3.08. The summed E-state index contributed by atoms with van der Waals surface area (Å²) in [7, 11) is 0. The summed E-state index contributed by atoms with van der Waals surface area (Å²) in [6.45, 7) is 4.08. The van der Waals surface area contributed by atoms with Gasteiger partial charge in [0.25, 0.3) is 0 Å². The fourth-order valence-corrected chi connectivity index (χ4v) is 7.19. The van der Waals surface area contributed by atoms with Crippen LogP contribution in [0.5, 0.6) is 0 Å². The van der Waals surface area contributed by atoms with E-state index >= 15 is 0 Å². The van der Waals surface area contributed by atoms with Gasteiger partial charge >= 0.3 is 12.4 Å². The zero-order chi connectivity index (χ0) is 31.7. The summed E-state index contributed by atoms with van der Waals surface area (Å²) >= 11 is 0. The van der Waals surface area contributed by atoms with Crippen LogP contribution in [0.3, 0.4) is 0 Å². The molecule has 1 N–H and O–H groups in total. The van der Waals surface area contributed by atoms with Crippen LogP contribution >= 0.6 is 0 Å². The molecule has 240 valence electrons. The second-order valence-electron chi connectivity index (χ2n) is 12.6. The predicted molar refractivity (Wildman–Crippen MR) is 154 cm³/mol. The van der Waals surface area contributed by atoms with Gasteiger partial charge in [0, 0.05) is 25.0 Å². The van der Waals surface area contributed by atoms with Crippen LogP contribution in [0, 0.1) is 0 Å². The highest BCUT2D eigenvalue weighted by Crippen LogP contribution is 2.42. The Morgan fingerprint density at radius 2 is 1.43 bits per heavy atom. The van der Waals surface area contributed by atoms with Gasteiger partial charge in [0.05, 0.1) is 22.6 Å². The zero-order valence-electron chi connectivity index (χ0n) is 24.8.